The molecule has 0 atom stereocenters. The SMILES string of the molecule is CNS(=O)(=O)c1cccc(CNC(=O)c2c(Cl)nc3ccccn23)c1. The van der Waals surface area contributed by atoms with Gasteiger partial charge in [-0.15, -0.1) is 0 Å². The molecule has 0 saturated carbocycles. The number of carbonyl (C=O) groups excluding carboxylic acids is 1. The van der Waals surface area contributed by atoms with E-state index in [4.69, 9.17) is 11.6 Å². The lowest BCUT2D eigenvalue weighted by Gasteiger charge is -2.08. The van der Waals surface area contributed by atoms with E-state index in [0.29, 0.717) is 11.2 Å². The number of carbonyl (C=O) groups is 1. The van der Waals surface area contributed by atoms with Gasteiger partial charge in [0.05, 0.1) is 4.90 Å². The molecule has 0 unspecified atom stereocenters. The van der Waals surface area contributed by atoms with Crippen LogP contribution in [-0.2, 0) is 16.6 Å². The first-order valence-corrected chi connectivity index (χ1v) is 9.22. The van der Waals surface area contributed by atoms with E-state index in [-0.39, 0.29) is 22.3 Å². The van der Waals surface area contributed by atoms with Gasteiger partial charge in [0.15, 0.2) is 10.8 Å². The van der Waals surface area contributed by atoms with E-state index in [9.17, 15) is 13.2 Å². The second-order valence-corrected chi connectivity index (χ2v) is 7.46. The molecule has 0 fully saturated rings. The van der Waals surface area contributed by atoms with Crippen molar-refractivity contribution in [3.8, 4) is 0 Å². The molecule has 0 radical (unpaired) electrons. The molecule has 2 heterocycles. The molecule has 1 aromatic carbocycles. The van der Waals surface area contributed by atoms with Crippen LogP contribution in [0.5, 0.6) is 0 Å². The zero-order chi connectivity index (χ0) is 18.0. The van der Waals surface area contributed by atoms with Crippen LogP contribution >= 0.6 is 11.6 Å². The average Bonchev–Trinajstić information content (AvgIpc) is 2.95. The molecule has 7 nitrogen and oxygen atoms in total. The minimum absolute atomic E-state index is 0.107. The van der Waals surface area contributed by atoms with Crippen LogP contribution in [0.3, 0.4) is 0 Å². The van der Waals surface area contributed by atoms with Crippen LogP contribution in [0.1, 0.15) is 16.1 Å². The fourth-order valence-corrected chi connectivity index (χ4v) is 3.44. The highest BCUT2D eigenvalue weighted by Gasteiger charge is 2.18. The molecule has 2 aromatic heterocycles. The standard InChI is InChI=1S/C16H15ClN4O3S/c1-18-25(23,24)12-6-4-5-11(9-12)10-19-16(22)14-15(17)20-13-7-2-3-8-21(13)14/h2-9,18H,10H2,1H3,(H,19,22). The topological polar surface area (TPSA) is 92.6 Å². The zero-order valence-electron chi connectivity index (χ0n) is 13.2. The van der Waals surface area contributed by atoms with Crippen molar-refractivity contribution in [2.45, 2.75) is 11.4 Å². The number of hydrogen-bond donors (Lipinski definition) is 2. The van der Waals surface area contributed by atoms with Gasteiger partial charge in [-0.25, -0.2) is 18.1 Å². The Bertz CT molecular complexity index is 1050. The van der Waals surface area contributed by atoms with Crippen molar-refractivity contribution in [2.24, 2.45) is 0 Å². The van der Waals surface area contributed by atoms with E-state index in [1.165, 1.54) is 19.2 Å². The van der Waals surface area contributed by atoms with Gasteiger partial charge in [0, 0.05) is 12.7 Å². The number of nitrogens with zero attached hydrogens (tertiary/aromatic N) is 2. The summed E-state index contributed by atoms with van der Waals surface area (Å²) in [6.45, 7) is 0.155. The Hall–Kier alpha value is -2.42. The van der Waals surface area contributed by atoms with Gasteiger partial charge in [-0.05, 0) is 36.9 Å². The fourth-order valence-electron chi connectivity index (χ4n) is 2.38. The molecule has 9 heteroatoms. The molecule has 0 bridgehead atoms. The number of hydrogen-bond acceptors (Lipinski definition) is 4. The van der Waals surface area contributed by atoms with Crippen LogP contribution in [-0.4, -0.2) is 30.8 Å². The molecule has 2 N–H and O–H groups in total. The Morgan fingerprint density at radius 3 is 2.80 bits per heavy atom. The molecule has 0 aliphatic rings. The van der Waals surface area contributed by atoms with E-state index in [2.05, 4.69) is 15.0 Å². The zero-order valence-corrected chi connectivity index (χ0v) is 14.8. The first kappa shape index (κ1) is 17.4. The van der Waals surface area contributed by atoms with Gasteiger partial charge in [-0.1, -0.05) is 29.8 Å². The summed E-state index contributed by atoms with van der Waals surface area (Å²) in [6, 6.07) is 11.6. The smallest absolute Gasteiger partial charge is 0.271 e. The lowest BCUT2D eigenvalue weighted by atomic mass is 10.2. The third-order valence-electron chi connectivity index (χ3n) is 3.63. The number of halogens is 1. The van der Waals surface area contributed by atoms with Crippen molar-refractivity contribution >= 4 is 33.2 Å². The van der Waals surface area contributed by atoms with Gasteiger partial charge in [-0.3, -0.25) is 9.20 Å². The van der Waals surface area contributed by atoms with E-state index in [1.54, 1.807) is 40.9 Å². The summed E-state index contributed by atoms with van der Waals surface area (Å²) in [6.07, 6.45) is 1.70. The van der Waals surface area contributed by atoms with E-state index in [0.717, 1.165) is 0 Å². The van der Waals surface area contributed by atoms with E-state index < -0.39 is 15.9 Å². The summed E-state index contributed by atoms with van der Waals surface area (Å²) >= 11 is 6.07. The number of nitrogens with one attached hydrogen (secondary N) is 2. The highest BCUT2D eigenvalue weighted by atomic mass is 35.5. The molecular formula is C16H15ClN4O3S. The summed E-state index contributed by atoms with van der Waals surface area (Å²) < 4.78 is 27.5. The van der Waals surface area contributed by atoms with Crippen LogP contribution in [0.15, 0.2) is 53.6 Å². The molecule has 0 spiro atoms. The number of fused-ring (bicyclic) bond motifs is 1. The Labute approximate surface area is 149 Å². The van der Waals surface area contributed by atoms with Crippen LogP contribution in [0, 0.1) is 0 Å². The maximum absolute atomic E-state index is 12.5. The third-order valence-corrected chi connectivity index (χ3v) is 5.31. The van der Waals surface area contributed by atoms with Crippen LogP contribution in [0.2, 0.25) is 5.15 Å². The highest BCUT2D eigenvalue weighted by molar-refractivity contribution is 7.89. The number of pyridine rings is 1. The summed E-state index contributed by atoms with van der Waals surface area (Å²) in [5.74, 6) is -0.398. The van der Waals surface area contributed by atoms with Crippen molar-refractivity contribution in [1.29, 1.82) is 0 Å². The molecule has 3 aromatic rings. The fraction of sp³-hybridized carbons (Fsp3) is 0.125. The summed E-state index contributed by atoms with van der Waals surface area (Å²) in [7, 11) is -2.19. The number of amides is 1. The normalized spacial score (nSPS) is 11.6. The minimum Gasteiger partial charge on any atom is -0.347 e. The summed E-state index contributed by atoms with van der Waals surface area (Å²) in [5.41, 5.74) is 1.45. The van der Waals surface area contributed by atoms with Gasteiger partial charge in [0.25, 0.3) is 5.91 Å². The maximum atomic E-state index is 12.5. The lowest BCUT2D eigenvalue weighted by Crippen LogP contribution is -2.25. The molecular weight excluding hydrogens is 364 g/mol. The van der Waals surface area contributed by atoms with Gasteiger partial charge in [0.2, 0.25) is 10.0 Å². The van der Waals surface area contributed by atoms with Gasteiger partial charge >= 0.3 is 0 Å². The van der Waals surface area contributed by atoms with Crippen molar-refractivity contribution in [2.75, 3.05) is 7.05 Å². The Kier molecular flexibility index (Phi) is 4.76. The molecule has 0 saturated heterocycles. The number of benzene rings is 1. The molecule has 0 aliphatic carbocycles. The van der Waals surface area contributed by atoms with Crippen LogP contribution in [0.4, 0.5) is 0 Å². The first-order chi connectivity index (χ1) is 11.9. The third kappa shape index (κ3) is 3.51. The van der Waals surface area contributed by atoms with Crippen LogP contribution in [0.25, 0.3) is 5.65 Å². The molecule has 0 aliphatic heterocycles. The predicted molar refractivity (Wildman–Crippen MR) is 94.1 cm³/mol. The van der Waals surface area contributed by atoms with Crippen molar-refractivity contribution in [3.63, 3.8) is 0 Å². The van der Waals surface area contributed by atoms with Gasteiger partial charge < -0.3 is 5.32 Å². The minimum atomic E-state index is -3.54. The quantitative estimate of drug-likeness (QED) is 0.708. The van der Waals surface area contributed by atoms with Gasteiger partial charge in [0.1, 0.15) is 5.65 Å². The van der Waals surface area contributed by atoms with Crippen molar-refractivity contribution in [3.05, 3.63) is 65.1 Å². The number of sulfonamides is 1. The number of imidazole rings is 1. The molecule has 25 heavy (non-hydrogen) atoms. The predicted octanol–water partition coefficient (Wildman–Crippen LogP) is 1.83. The van der Waals surface area contributed by atoms with Crippen molar-refractivity contribution < 1.29 is 13.2 Å². The highest BCUT2D eigenvalue weighted by Crippen LogP contribution is 2.18. The van der Waals surface area contributed by atoms with Crippen molar-refractivity contribution in [1.82, 2.24) is 19.4 Å². The lowest BCUT2D eigenvalue weighted by molar-refractivity contribution is 0.0945. The molecule has 3 rings (SSSR count). The Morgan fingerprint density at radius 2 is 2.04 bits per heavy atom. The number of rotatable bonds is 5. The first-order valence-electron chi connectivity index (χ1n) is 7.35. The molecule has 130 valence electrons. The number of aromatic nitrogens is 2. The second-order valence-electron chi connectivity index (χ2n) is 5.22. The monoisotopic (exact) mass is 378 g/mol. The van der Waals surface area contributed by atoms with Crippen LogP contribution < -0.4 is 10.0 Å². The van der Waals surface area contributed by atoms with E-state index >= 15 is 0 Å². The average molecular weight is 379 g/mol. The Morgan fingerprint density at radius 1 is 1.24 bits per heavy atom. The summed E-state index contributed by atoms with van der Waals surface area (Å²) in [4.78, 5) is 16.7. The van der Waals surface area contributed by atoms with E-state index in [1.807, 2.05) is 0 Å². The second kappa shape index (κ2) is 6.83. The van der Waals surface area contributed by atoms with Gasteiger partial charge in [-0.2, -0.15) is 0 Å². The Balaban J connectivity index is 1.81. The maximum Gasteiger partial charge on any atom is 0.271 e. The summed E-state index contributed by atoms with van der Waals surface area (Å²) in [5, 5.41) is 2.84. The largest absolute Gasteiger partial charge is 0.347 e. The molecule has 1 amide bonds.